The van der Waals surface area contributed by atoms with Crippen LogP contribution < -0.4 is 0 Å². The van der Waals surface area contributed by atoms with Gasteiger partial charge in [0.25, 0.3) is 0 Å². The molecule has 6 nitrogen and oxygen atoms in total. The van der Waals surface area contributed by atoms with Gasteiger partial charge in [-0.2, -0.15) is 0 Å². The first-order valence-electron chi connectivity index (χ1n) is 5.38. The Hall–Kier alpha value is -2.24. The van der Waals surface area contributed by atoms with Crippen molar-refractivity contribution in [3.05, 3.63) is 36.8 Å². The molecule has 0 fully saturated rings. The fourth-order valence-corrected chi connectivity index (χ4v) is 1.49. The van der Waals surface area contributed by atoms with Crippen molar-refractivity contribution in [1.82, 2.24) is 9.80 Å². The summed E-state index contributed by atoms with van der Waals surface area (Å²) >= 11 is 0. The minimum absolute atomic E-state index is 0.195. The van der Waals surface area contributed by atoms with E-state index in [0.29, 0.717) is 6.54 Å². The van der Waals surface area contributed by atoms with Gasteiger partial charge in [0.05, 0.1) is 19.1 Å². The Morgan fingerprint density at radius 2 is 2.28 bits per heavy atom. The molecule has 98 valence electrons. The Morgan fingerprint density at radius 3 is 2.78 bits per heavy atom. The molecule has 2 amide bonds. The maximum Gasteiger partial charge on any atom is 0.323 e. The molecule has 0 bridgehead atoms. The molecule has 1 aromatic rings. The van der Waals surface area contributed by atoms with Crippen LogP contribution in [0.5, 0.6) is 0 Å². The van der Waals surface area contributed by atoms with E-state index in [0.717, 1.165) is 5.56 Å². The highest BCUT2D eigenvalue weighted by Gasteiger charge is 2.19. The lowest BCUT2D eigenvalue weighted by molar-refractivity contribution is -0.137. The summed E-state index contributed by atoms with van der Waals surface area (Å²) in [4.78, 5) is 25.3. The van der Waals surface area contributed by atoms with Crippen LogP contribution in [0.4, 0.5) is 4.79 Å². The molecule has 0 aliphatic carbocycles. The number of rotatable bonds is 6. The summed E-state index contributed by atoms with van der Waals surface area (Å²) < 4.78 is 4.91. The van der Waals surface area contributed by atoms with Crippen molar-refractivity contribution in [1.29, 1.82) is 0 Å². The van der Waals surface area contributed by atoms with E-state index in [1.165, 1.54) is 22.1 Å². The quantitative estimate of drug-likeness (QED) is 0.777. The van der Waals surface area contributed by atoms with E-state index in [2.05, 4.69) is 6.58 Å². The van der Waals surface area contributed by atoms with Crippen LogP contribution in [-0.4, -0.2) is 47.0 Å². The molecule has 1 heterocycles. The van der Waals surface area contributed by atoms with Crippen molar-refractivity contribution in [2.75, 3.05) is 20.1 Å². The first-order valence-corrected chi connectivity index (χ1v) is 5.38. The maximum absolute atomic E-state index is 12.0. The van der Waals surface area contributed by atoms with Gasteiger partial charge in [-0.05, 0) is 6.07 Å². The Balaban J connectivity index is 2.63. The van der Waals surface area contributed by atoms with Crippen LogP contribution in [0, 0.1) is 0 Å². The lowest BCUT2D eigenvalue weighted by Crippen LogP contribution is -2.43. The van der Waals surface area contributed by atoms with E-state index >= 15 is 0 Å². The number of hydrogen-bond donors (Lipinski definition) is 1. The summed E-state index contributed by atoms with van der Waals surface area (Å²) in [6, 6.07) is 1.39. The molecule has 1 rings (SSSR count). The third-order valence-corrected chi connectivity index (χ3v) is 2.27. The second kappa shape index (κ2) is 6.48. The van der Waals surface area contributed by atoms with Gasteiger partial charge in [0.15, 0.2) is 0 Å². The summed E-state index contributed by atoms with van der Waals surface area (Å²) in [5, 5.41) is 8.74. The van der Waals surface area contributed by atoms with Gasteiger partial charge in [-0.15, -0.1) is 6.58 Å². The predicted molar refractivity (Wildman–Crippen MR) is 65.0 cm³/mol. The highest BCUT2D eigenvalue weighted by molar-refractivity contribution is 5.80. The topological polar surface area (TPSA) is 74.0 Å². The zero-order chi connectivity index (χ0) is 13.5. The number of carboxylic acid groups (broad SMARTS) is 1. The van der Waals surface area contributed by atoms with E-state index in [9.17, 15) is 9.59 Å². The van der Waals surface area contributed by atoms with Crippen LogP contribution in [0.25, 0.3) is 0 Å². The lowest BCUT2D eigenvalue weighted by atomic mass is 10.3. The molecule has 0 aliphatic rings. The minimum atomic E-state index is -1.05. The van der Waals surface area contributed by atoms with Crippen molar-refractivity contribution in [3.8, 4) is 0 Å². The van der Waals surface area contributed by atoms with Crippen LogP contribution in [0.15, 0.2) is 35.7 Å². The fourth-order valence-electron chi connectivity index (χ4n) is 1.49. The fraction of sp³-hybridized carbons (Fsp3) is 0.333. The number of carbonyl (C=O) groups is 2. The number of urea groups is 1. The summed E-state index contributed by atoms with van der Waals surface area (Å²) in [6.07, 6.45) is 4.55. The van der Waals surface area contributed by atoms with Gasteiger partial charge in [-0.25, -0.2) is 4.79 Å². The molecular formula is C12H16N2O4. The number of carboxylic acids is 1. The highest BCUT2D eigenvalue weighted by atomic mass is 16.4. The summed E-state index contributed by atoms with van der Waals surface area (Å²) in [7, 11) is 1.60. The van der Waals surface area contributed by atoms with Crippen LogP contribution >= 0.6 is 0 Å². The van der Waals surface area contributed by atoms with Crippen LogP contribution in [0.3, 0.4) is 0 Å². The second-order valence-corrected chi connectivity index (χ2v) is 3.83. The number of furan rings is 1. The number of aliphatic carboxylic acids is 1. The lowest BCUT2D eigenvalue weighted by Gasteiger charge is -2.25. The third kappa shape index (κ3) is 3.97. The van der Waals surface area contributed by atoms with E-state index < -0.39 is 5.97 Å². The van der Waals surface area contributed by atoms with Gasteiger partial charge < -0.3 is 19.3 Å². The summed E-state index contributed by atoms with van der Waals surface area (Å²) in [5.74, 6) is -1.05. The van der Waals surface area contributed by atoms with Crippen molar-refractivity contribution in [2.45, 2.75) is 6.54 Å². The zero-order valence-electron chi connectivity index (χ0n) is 10.2. The molecule has 0 radical (unpaired) electrons. The molecular weight excluding hydrogens is 236 g/mol. The Bertz CT molecular complexity index is 414. The molecule has 0 spiro atoms. The number of amides is 2. The molecule has 6 heteroatoms. The third-order valence-electron chi connectivity index (χ3n) is 2.27. The van der Waals surface area contributed by atoms with Gasteiger partial charge in [0.2, 0.25) is 0 Å². The SMILES string of the molecule is C=CCN(CC(=O)O)C(=O)N(C)Cc1ccoc1. The predicted octanol–water partition coefficient (Wildman–Crippen LogP) is 1.40. The zero-order valence-corrected chi connectivity index (χ0v) is 10.2. The summed E-state index contributed by atoms with van der Waals surface area (Å²) in [5.41, 5.74) is 0.847. The average Bonchev–Trinajstić information content (AvgIpc) is 2.79. The molecule has 0 atom stereocenters. The highest BCUT2D eigenvalue weighted by Crippen LogP contribution is 2.06. The summed E-state index contributed by atoms with van der Waals surface area (Å²) in [6.45, 7) is 3.72. The molecule has 1 aromatic heterocycles. The Morgan fingerprint density at radius 1 is 1.56 bits per heavy atom. The van der Waals surface area contributed by atoms with Gasteiger partial charge in [0.1, 0.15) is 6.54 Å². The first-order chi connectivity index (χ1) is 8.54. The monoisotopic (exact) mass is 252 g/mol. The van der Waals surface area contributed by atoms with Crippen molar-refractivity contribution in [2.24, 2.45) is 0 Å². The Kier molecular flexibility index (Phi) is 4.98. The largest absolute Gasteiger partial charge is 0.480 e. The van der Waals surface area contributed by atoms with E-state index in [1.54, 1.807) is 19.4 Å². The van der Waals surface area contributed by atoms with Crippen LogP contribution in [-0.2, 0) is 11.3 Å². The molecule has 18 heavy (non-hydrogen) atoms. The van der Waals surface area contributed by atoms with Crippen molar-refractivity contribution >= 4 is 12.0 Å². The number of nitrogens with zero attached hydrogens (tertiary/aromatic N) is 2. The van der Waals surface area contributed by atoms with Gasteiger partial charge in [-0.1, -0.05) is 6.08 Å². The first kappa shape index (κ1) is 13.8. The van der Waals surface area contributed by atoms with E-state index in [4.69, 9.17) is 9.52 Å². The second-order valence-electron chi connectivity index (χ2n) is 3.83. The van der Waals surface area contributed by atoms with Gasteiger partial charge >= 0.3 is 12.0 Å². The number of hydrogen-bond acceptors (Lipinski definition) is 3. The van der Waals surface area contributed by atoms with E-state index in [-0.39, 0.29) is 19.1 Å². The molecule has 0 aliphatic heterocycles. The Labute approximate surface area is 105 Å². The van der Waals surface area contributed by atoms with Gasteiger partial charge in [0, 0.05) is 19.2 Å². The smallest absolute Gasteiger partial charge is 0.323 e. The molecule has 0 unspecified atom stereocenters. The maximum atomic E-state index is 12.0. The normalized spacial score (nSPS) is 9.83. The average molecular weight is 252 g/mol. The molecule has 0 saturated heterocycles. The van der Waals surface area contributed by atoms with Crippen molar-refractivity contribution < 1.29 is 19.1 Å². The molecule has 0 saturated carbocycles. The van der Waals surface area contributed by atoms with Crippen LogP contribution in [0.2, 0.25) is 0 Å². The standard InChI is InChI=1S/C12H16N2O4/c1-3-5-14(8-11(15)16)12(17)13(2)7-10-4-6-18-9-10/h3-4,6,9H,1,5,7-8H2,2H3,(H,15,16). The van der Waals surface area contributed by atoms with Gasteiger partial charge in [-0.3, -0.25) is 4.79 Å². The van der Waals surface area contributed by atoms with Crippen LogP contribution in [0.1, 0.15) is 5.56 Å². The number of carbonyl (C=O) groups excluding carboxylic acids is 1. The van der Waals surface area contributed by atoms with Crippen molar-refractivity contribution in [3.63, 3.8) is 0 Å². The molecule has 1 N–H and O–H groups in total. The van der Waals surface area contributed by atoms with E-state index in [1.807, 2.05) is 0 Å². The minimum Gasteiger partial charge on any atom is -0.480 e. The molecule has 0 aromatic carbocycles.